The molecule has 0 unspecified atom stereocenters. The number of ether oxygens (including phenoxy) is 2. The molecule has 21 heavy (non-hydrogen) atoms. The Morgan fingerprint density at radius 3 is 1.86 bits per heavy atom. The van der Waals surface area contributed by atoms with Gasteiger partial charge in [0.2, 0.25) is 5.88 Å². The van der Waals surface area contributed by atoms with Gasteiger partial charge in [0.1, 0.15) is 11.3 Å². The molecule has 2 rings (SSSR count). The molecule has 0 aromatic carbocycles. The van der Waals surface area contributed by atoms with Crippen molar-refractivity contribution in [3.8, 4) is 0 Å². The molecule has 11 nitrogen and oxygen atoms in total. The van der Waals surface area contributed by atoms with E-state index in [1.807, 2.05) is 0 Å². The molecule has 1 aliphatic heterocycles. The lowest BCUT2D eigenvalue weighted by Gasteiger charge is -2.32. The van der Waals surface area contributed by atoms with Crippen LogP contribution in [0.2, 0.25) is 0 Å². The average Bonchev–Trinajstić information content (AvgIpc) is 2.36. The molecule has 14 N–H and O–H groups in total. The maximum Gasteiger partial charge on any atom is 0.380 e. The van der Waals surface area contributed by atoms with E-state index in [2.05, 4.69) is 4.74 Å². The minimum absolute atomic E-state index is 0.183. The zero-order valence-corrected chi connectivity index (χ0v) is 10.7. The predicted molar refractivity (Wildman–Crippen MR) is 71.6 cm³/mol. The Hall–Kier alpha value is -3.05. The average molecular weight is 294 g/mol. The second-order valence-electron chi connectivity index (χ2n) is 4.32. The molecule has 0 radical (unpaired) electrons. The van der Waals surface area contributed by atoms with Crippen molar-refractivity contribution in [1.29, 1.82) is 10.8 Å². The number of hydrogen-bond donors (Lipinski definition) is 8. The van der Waals surface area contributed by atoms with Gasteiger partial charge in [0.05, 0.1) is 22.8 Å². The smallest absolute Gasteiger partial charge is 0.380 e. The van der Waals surface area contributed by atoms with Gasteiger partial charge in [0, 0.05) is 5.57 Å². The van der Waals surface area contributed by atoms with Crippen LogP contribution in [0.5, 0.6) is 0 Å². The minimum atomic E-state index is -2.23. The van der Waals surface area contributed by atoms with Crippen LogP contribution >= 0.6 is 0 Å². The lowest BCUT2D eigenvalue weighted by molar-refractivity contribution is -0.218. The fraction of sp³-hybridized carbons (Fsp3) is 0.100. The second kappa shape index (κ2) is 4.22. The summed E-state index contributed by atoms with van der Waals surface area (Å²) in [4.78, 5) is 12.0. The summed E-state index contributed by atoms with van der Waals surface area (Å²) < 4.78 is 9.44. The van der Waals surface area contributed by atoms with E-state index in [0.717, 1.165) is 0 Å². The van der Waals surface area contributed by atoms with Gasteiger partial charge in [0.25, 0.3) is 0 Å². The number of hydrogen-bond acceptors (Lipinski definition) is 11. The molecule has 11 heteroatoms. The van der Waals surface area contributed by atoms with Gasteiger partial charge in [-0.2, -0.15) is 0 Å². The van der Waals surface area contributed by atoms with Crippen molar-refractivity contribution < 1.29 is 14.3 Å². The molecule has 0 bridgehead atoms. The van der Waals surface area contributed by atoms with Crippen molar-refractivity contribution >= 4 is 17.4 Å². The van der Waals surface area contributed by atoms with Gasteiger partial charge in [-0.3, -0.25) is 10.8 Å². The molecule has 2 aliphatic rings. The van der Waals surface area contributed by atoms with Crippen molar-refractivity contribution in [3.05, 3.63) is 34.1 Å². The fourth-order valence-corrected chi connectivity index (χ4v) is 1.83. The first-order valence-electron chi connectivity index (χ1n) is 5.50. The summed E-state index contributed by atoms with van der Waals surface area (Å²) in [6.07, 6.45) is 0. The largest absolute Gasteiger partial charge is 0.411 e. The Morgan fingerprint density at radius 2 is 1.33 bits per heavy atom. The summed E-state index contributed by atoms with van der Waals surface area (Å²) in [5.41, 5.74) is 31.0. The molecular formula is C10H14N8O3. The molecule has 0 fully saturated rings. The van der Waals surface area contributed by atoms with Crippen molar-refractivity contribution in [2.45, 2.75) is 6.03 Å². The van der Waals surface area contributed by atoms with Gasteiger partial charge < -0.3 is 32.4 Å². The topological polar surface area (TPSA) is 239 Å². The molecule has 0 atom stereocenters. The highest BCUT2D eigenvalue weighted by Gasteiger charge is 2.41. The van der Waals surface area contributed by atoms with Gasteiger partial charge >= 0.3 is 12.0 Å². The highest BCUT2D eigenvalue weighted by molar-refractivity contribution is 6.30. The second-order valence-corrected chi connectivity index (χ2v) is 4.32. The van der Waals surface area contributed by atoms with E-state index < -0.39 is 23.5 Å². The molecule has 1 heterocycles. The number of nitrogens with two attached hydrogens (primary N) is 6. The predicted octanol–water partition coefficient (Wildman–Crippen LogP) is -3.35. The van der Waals surface area contributed by atoms with Crippen molar-refractivity contribution in [1.82, 2.24) is 0 Å². The maximum absolute atomic E-state index is 12.0. The third kappa shape index (κ3) is 2.05. The van der Waals surface area contributed by atoms with Crippen LogP contribution in [0.1, 0.15) is 0 Å². The Balaban J connectivity index is 2.64. The van der Waals surface area contributed by atoms with E-state index in [4.69, 9.17) is 50.0 Å². The van der Waals surface area contributed by atoms with E-state index in [1.165, 1.54) is 0 Å². The van der Waals surface area contributed by atoms with Crippen LogP contribution in [0.4, 0.5) is 0 Å². The Labute approximate surface area is 118 Å². The summed E-state index contributed by atoms with van der Waals surface area (Å²) in [6, 6.07) is -2.23. The Morgan fingerprint density at radius 1 is 0.810 bits per heavy atom. The van der Waals surface area contributed by atoms with E-state index in [0.29, 0.717) is 0 Å². The summed E-state index contributed by atoms with van der Waals surface area (Å²) in [7, 11) is 0. The maximum atomic E-state index is 12.0. The molecule has 0 saturated carbocycles. The number of nitrogens with one attached hydrogen (secondary N) is 2. The number of carbonyl (C=O) groups excluding carboxylic acids is 1. The van der Waals surface area contributed by atoms with Crippen molar-refractivity contribution in [2.75, 3.05) is 0 Å². The molecule has 0 saturated heterocycles. The molecule has 0 aromatic rings. The van der Waals surface area contributed by atoms with E-state index in [-0.39, 0.29) is 34.1 Å². The number of allylic oxidation sites excluding steroid dienone is 1. The third-order valence-electron chi connectivity index (χ3n) is 2.84. The van der Waals surface area contributed by atoms with E-state index in [1.54, 1.807) is 0 Å². The number of rotatable bonds is 1. The SMILES string of the molecule is N=C1C(N)=C(N)C(=N)C(C2=C(N)OC(N)(N)OC2=O)=C1N. The molecular weight excluding hydrogens is 280 g/mol. The quantitative estimate of drug-likeness (QED) is 0.137. The molecule has 112 valence electrons. The minimum Gasteiger partial charge on any atom is -0.411 e. The first-order chi connectivity index (χ1) is 9.57. The standard InChI is InChI=1S/C10H14N8O3/c11-3-1(4(12)6(14)7(15)5(3)13)2-8(16)20-10(17,18)21-9(2)19/h11,14H,12-13,15-18H2. The number of cyclic esters (lactones) is 1. The third-order valence-corrected chi connectivity index (χ3v) is 2.84. The molecule has 1 aliphatic carbocycles. The normalized spacial score (nSPS) is 22.5. The van der Waals surface area contributed by atoms with Crippen LogP contribution in [0, 0.1) is 10.8 Å². The lowest BCUT2D eigenvalue weighted by Crippen LogP contribution is -2.58. The zero-order chi connectivity index (χ0) is 16.1. The fourth-order valence-electron chi connectivity index (χ4n) is 1.83. The van der Waals surface area contributed by atoms with Crippen LogP contribution in [0.25, 0.3) is 0 Å². The van der Waals surface area contributed by atoms with Crippen LogP contribution in [0.15, 0.2) is 34.1 Å². The molecule has 0 spiro atoms. The van der Waals surface area contributed by atoms with Crippen molar-refractivity contribution in [3.63, 3.8) is 0 Å². The summed E-state index contributed by atoms with van der Waals surface area (Å²) in [6.45, 7) is 0. The highest BCUT2D eigenvalue weighted by atomic mass is 16.8. The van der Waals surface area contributed by atoms with Gasteiger partial charge in [-0.05, 0) is 0 Å². The summed E-state index contributed by atoms with van der Waals surface area (Å²) >= 11 is 0. The van der Waals surface area contributed by atoms with E-state index in [9.17, 15) is 4.79 Å². The first kappa shape index (κ1) is 14.4. The Kier molecular flexibility index (Phi) is 2.89. The van der Waals surface area contributed by atoms with E-state index >= 15 is 0 Å². The van der Waals surface area contributed by atoms with Crippen LogP contribution in [-0.2, 0) is 14.3 Å². The van der Waals surface area contributed by atoms with Crippen molar-refractivity contribution in [2.24, 2.45) is 34.4 Å². The highest BCUT2D eigenvalue weighted by Crippen LogP contribution is 2.29. The van der Waals surface area contributed by atoms with Gasteiger partial charge in [-0.15, -0.1) is 0 Å². The monoisotopic (exact) mass is 294 g/mol. The number of esters is 1. The zero-order valence-electron chi connectivity index (χ0n) is 10.7. The van der Waals surface area contributed by atoms with Gasteiger partial charge in [0.15, 0.2) is 0 Å². The van der Waals surface area contributed by atoms with Crippen LogP contribution in [-0.4, -0.2) is 23.4 Å². The van der Waals surface area contributed by atoms with Gasteiger partial charge in [-0.1, -0.05) is 0 Å². The Bertz CT molecular complexity index is 684. The van der Waals surface area contributed by atoms with Crippen LogP contribution < -0.4 is 34.4 Å². The summed E-state index contributed by atoms with van der Waals surface area (Å²) in [5, 5.41) is 15.6. The van der Waals surface area contributed by atoms with Crippen LogP contribution in [0.3, 0.4) is 0 Å². The lowest BCUT2D eigenvalue weighted by atomic mass is 9.89. The molecule has 0 aromatic heterocycles. The first-order valence-corrected chi connectivity index (χ1v) is 5.50. The number of carbonyl (C=O) groups is 1. The molecule has 0 amide bonds. The summed E-state index contributed by atoms with van der Waals surface area (Å²) in [5.74, 6) is -1.56. The van der Waals surface area contributed by atoms with Gasteiger partial charge in [-0.25, -0.2) is 16.3 Å².